The molecular weight excluding hydrogens is 616 g/mol. The number of azo groups is 1. The zero-order valence-electron chi connectivity index (χ0n) is 20.8. The number of nitrogen functional groups attached to an aromatic ring is 1. The number of nitrogens with zero attached hydrogens (tertiary/aromatic N) is 3. The first-order valence-electron chi connectivity index (χ1n) is 11.2. The number of anilines is 1. The van der Waals surface area contributed by atoms with E-state index in [0.29, 0.717) is 16.8 Å². The predicted octanol–water partition coefficient (Wildman–Crippen LogP) is 4.66. The third-order valence-corrected chi connectivity index (χ3v) is 8.43. The predicted molar refractivity (Wildman–Crippen MR) is 150 cm³/mol. The Kier molecular flexibility index (Phi) is 7.96. The van der Waals surface area contributed by atoms with Gasteiger partial charge in [-0.2, -0.15) is 30.4 Å². The Labute approximate surface area is 238 Å². The van der Waals surface area contributed by atoms with Crippen LogP contribution < -0.4 is 5.73 Å². The molecule has 0 bridgehead atoms. The second kappa shape index (κ2) is 11.0. The van der Waals surface area contributed by atoms with Crippen LogP contribution in [0.1, 0.15) is 11.1 Å². The Morgan fingerprint density at radius 1 is 0.714 bits per heavy atom. The van der Waals surface area contributed by atoms with E-state index < -0.39 is 50.8 Å². The number of nitro benzene ring substituents is 1. The van der Waals surface area contributed by atoms with Crippen molar-refractivity contribution in [1.82, 2.24) is 0 Å². The van der Waals surface area contributed by atoms with Gasteiger partial charge in [0.05, 0.1) is 21.2 Å². The van der Waals surface area contributed by atoms with E-state index in [-0.39, 0.29) is 33.1 Å². The molecule has 0 aliphatic carbocycles. The maximum atomic E-state index is 12.1. The van der Waals surface area contributed by atoms with Crippen LogP contribution in [0.2, 0.25) is 0 Å². The molecule has 0 atom stereocenters. The van der Waals surface area contributed by atoms with Crippen LogP contribution in [0.25, 0.3) is 22.9 Å². The van der Waals surface area contributed by atoms with E-state index >= 15 is 0 Å². The van der Waals surface area contributed by atoms with Crippen LogP contribution in [0.4, 0.5) is 22.7 Å². The minimum Gasteiger partial charge on any atom is -0.397 e. The fourth-order valence-electron chi connectivity index (χ4n) is 3.81. The van der Waals surface area contributed by atoms with Gasteiger partial charge in [0.2, 0.25) is 0 Å². The molecule has 15 nitrogen and oxygen atoms in total. The number of rotatable bonds is 8. The smallest absolute Gasteiger partial charge is 0.295 e. The molecule has 0 spiro atoms. The highest BCUT2D eigenvalue weighted by molar-refractivity contribution is 7.86. The van der Waals surface area contributed by atoms with Crippen LogP contribution in [0.5, 0.6) is 0 Å². The number of benzene rings is 4. The third-order valence-electron chi connectivity index (χ3n) is 5.76. The van der Waals surface area contributed by atoms with Gasteiger partial charge >= 0.3 is 0 Å². The molecule has 0 fully saturated rings. The lowest BCUT2D eigenvalue weighted by atomic mass is 10.1. The Hall–Kier alpha value is -4.59. The van der Waals surface area contributed by atoms with Crippen molar-refractivity contribution < 1.29 is 43.8 Å². The molecular formula is C24H18N4O11S3. The summed E-state index contributed by atoms with van der Waals surface area (Å²) in [6.45, 7) is 0. The number of hydrogen-bond acceptors (Lipinski definition) is 11. The van der Waals surface area contributed by atoms with Crippen molar-refractivity contribution in [3.05, 3.63) is 88.0 Å². The lowest BCUT2D eigenvalue weighted by Gasteiger charge is -2.07. The summed E-state index contributed by atoms with van der Waals surface area (Å²) in [5.74, 6) is 0. The van der Waals surface area contributed by atoms with Crippen molar-refractivity contribution in [3.8, 4) is 0 Å². The van der Waals surface area contributed by atoms with E-state index in [1.165, 1.54) is 36.4 Å². The average Bonchev–Trinajstić information content (AvgIpc) is 2.89. The molecule has 0 unspecified atom stereocenters. The maximum Gasteiger partial charge on any atom is 0.295 e. The number of fused-ring (bicyclic) bond motifs is 1. The van der Waals surface area contributed by atoms with Gasteiger partial charge in [0.25, 0.3) is 36.0 Å². The highest BCUT2D eigenvalue weighted by Crippen LogP contribution is 2.35. The summed E-state index contributed by atoms with van der Waals surface area (Å²) in [6.07, 6.45) is 2.16. The van der Waals surface area contributed by atoms with Crippen LogP contribution in [-0.4, -0.2) is 43.8 Å². The number of nitrogens with two attached hydrogens (primary N) is 1. The lowest BCUT2D eigenvalue weighted by molar-refractivity contribution is -0.385. The molecule has 42 heavy (non-hydrogen) atoms. The van der Waals surface area contributed by atoms with Gasteiger partial charge in [-0.15, -0.1) is 5.11 Å². The van der Waals surface area contributed by atoms with E-state index in [4.69, 9.17) is 5.73 Å². The summed E-state index contributed by atoms with van der Waals surface area (Å²) >= 11 is 0. The van der Waals surface area contributed by atoms with E-state index in [9.17, 15) is 49.0 Å². The second-order valence-electron chi connectivity index (χ2n) is 8.55. The molecule has 5 N–H and O–H groups in total. The van der Waals surface area contributed by atoms with E-state index in [0.717, 1.165) is 36.4 Å². The Morgan fingerprint density at radius 2 is 1.31 bits per heavy atom. The average molecular weight is 635 g/mol. The van der Waals surface area contributed by atoms with Gasteiger partial charge in [-0.05, 0) is 52.9 Å². The second-order valence-corrected chi connectivity index (χ2v) is 12.7. The number of nitro groups is 1. The van der Waals surface area contributed by atoms with Crippen molar-refractivity contribution in [3.63, 3.8) is 0 Å². The maximum absolute atomic E-state index is 12.1. The minimum absolute atomic E-state index is 0.0697. The molecule has 0 aliphatic heterocycles. The van der Waals surface area contributed by atoms with Gasteiger partial charge in [-0.3, -0.25) is 23.8 Å². The highest BCUT2D eigenvalue weighted by atomic mass is 32.2. The number of non-ortho nitro benzene ring substituents is 1. The van der Waals surface area contributed by atoms with Crippen LogP contribution in [0, 0.1) is 10.1 Å². The standard InChI is InChI=1S/C24H18N4O11S3/c25-21-10-5-16-11-19(40(31,32)33)8-9-20(16)24(21)27-26-17-6-3-14(22(12-17)41(34,35)36)1-2-15-4-7-18(28(29)30)13-23(15)42(37,38)39/h1-13H,25H2,(H,31,32,33)(H,34,35,36)(H,37,38,39)/b2-1+,27-26?. The molecule has 218 valence electrons. The van der Waals surface area contributed by atoms with Crippen LogP contribution in [0.3, 0.4) is 0 Å². The SMILES string of the molecule is Nc1ccc2cc(S(=O)(=O)O)ccc2c1N=Nc1ccc(/C=C/c2ccc([N+](=O)[O-])cc2S(=O)(=O)O)c(S(=O)(=O)O)c1. The van der Waals surface area contributed by atoms with Crippen molar-refractivity contribution in [2.24, 2.45) is 10.2 Å². The van der Waals surface area contributed by atoms with Crippen molar-refractivity contribution in [2.45, 2.75) is 14.7 Å². The molecule has 4 aromatic carbocycles. The van der Waals surface area contributed by atoms with E-state index in [1.54, 1.807) is 0 Å². The quantitative estimate of drug-likeness (QED) is 0.0515. The molecule has 4 rings (SSSR count). The Bertz CT molecular complexity index is 2160. The van der Waals surface area contributed by atoms with Crippen LogP contribution in [0.15, 0.2) is 91.6 Å². The topological polar surface area (TPSA) is 257 Å². The van der Waals surface area contributed by atoms with E-state index in [2.05, 4.69) is 10.2 Å². The first-order chi connectivity index (χ1) is 19.4. The van der Waals surface area contributed by atoms with Crippen LogP contribution >= 0.6 is 0 Å². The summed E-state index contributed by atoms with van der Waals surface area (Å²) in [6, 6.07) is 12.7. The zero-order chi connectivity index (χ0) is 31.0. The van der Waals surface area contributed by atoms with Gasteiger partial charge in [0.15, 0.2) is 0 Å². The van der Waals surface area contributed by atoms with Gasteiger partial charge < -0.3 is 5.73 Å². The third kappa shape index (κ3) is 6.65. The summed E-state index contributed by atoms with van der Waals surface area (Å²) in [7, 11) is -14.3. The fourth-order valence-corrected chi connectivity index (χ4v) is 5.73. The molecule has 0 aromatic heterocycles. The van der Waals surface area contributed by atoms with Crippen molar-refractivity contribution in [1.29, 1.82) is 0 Å². The molecule has 0 saturated heterocycles. The molecule has 0 saturated carbocycles. The zero-order valence-corrected chi connectivity index (χ0v) is 23.2. The van der Waals surface area contributed by atoms with Gasteiger partial charge in [-0.25, -0.2) is 0 Å². The highest BCUT2D eigenvalue weighted by Gasteiger charge is 2.20. The first-order valence-corrected chi connectivity index (χ1v) is 15.5. The first kappa shape index (κ1) is 30.4. The summed E-state index contributed by atoms with van der Waals surface area (Å²) in [5.41, 5.74) is 5.20. The fraction of sp³-hybridized carbons (Fsp3) is 0. The normalized spacial score (nSPS) is 12.8. The largest absolute Gasteiger partial charge is 0.397 e. The van der Waals surface area contributed by atoms with Gasteiger partial charge in [-0.1, -0.05) is 30.4 Å². The molecule has 0 amide bonds. The summed E-state index contributed by atoms with van der Waals surface area (Å²) in [5, 5.41) is 19.7. The van der Waals surface area contributed by atoms with Crippen molar-refractivity contribution >= 4 is 76.0 Å². The monoisotopic (exact) mass is 634 g/mol. The molecule has 0 aliphatic rings. The van der Waals surface area contributed by atoms with Crippen molar-refractivity contribution in [2.75, 3.05) is 5.73 Å². The molecule has 18 heteroatoms. The van der Waals surface area contributed by atoms with Gasteiger partial charge in [0.1, 0.15) is 15.5 Å². The summed E-state index contributed by atoms with van der Waals surface area (Å²) in [4.78, 5) is 8.31. The van der Waals surface area contributed by atoms with Crippen LogP contribution in [-0.2, 0) is 30.4 Å². The molecule has 0 radical (unpaired) electrons. The van der Waals surface area contributed by atoms with E-state index in [1.807, 2.05) is 0 Å². The Balaban J connectivity index is 1.76. The molecule has 4 aromatic rings. The lowest BCUT2D eigenvalue weighted by Crippen LogP contribution is -2.02. The Morgan fingerprint density at radius 3 is 1.88 bits per heavy atom. The summed E-state index contributed by atoms with van der Waals surface area (Å²) < 4.78 is 99.3. The minimum atomic E-state index is -4.90. The van der Waals surface area contributed by atoms with Gasteiger partial charge in [0, 0.05) is 17.5 Å². The number of hydrogen-bond donors (Lipinski definition) is 4. The molecule has 0 heterocycles.